The van der Waals surface area contributed by atoms with Crippen LogP contribution in [-0.4, -0.2) is 20.4 Å². The van der Waals surface area contributed by atoms with Gasteiger partial charge in [0.1, 0.15) is 11.6 Å². The van der Waals surface area contributed by atoms with E-state index in [0.29, 0.717) is 5.75 Å². The summed E-state index contributed by atoms with van der Waals surface area (Å²) in [5.74, 6) is -1.41. The molecule has 0 aromatic heterocycles. The second-order valence-corrected chi connectivity index (χ2v) is 6.86. The molecule has 2 N–H and O–H groups in total. The SMILES string of the molecule is CC(C)Oc1ccc(F)c(C(=O)NNS(=O)(=O)c2ccccc2)c1. The van der Waals surface area contributed by atoms with Gasteiger partial charge < -0.3 is 4.74 Å². The largest absolute Gasteiger partial charge is 0.491 e. The highest BCUT2D eigenvalue weighted by Crippen LogP contribution is 2.18. The molecule has 0 unspecified atom stereocenters. The number of hydrogen-bond acceptors (Lipinski definition) is 4. The monoisotopic (exact) mass is 352 g/mol. The second kappa shape index (κ2) is 7.41. The molecule has 0 radical (unpaired) electrons. The Morgan fingerprint density at radius 1 is 1.12 bits per heavy atom. The van der Waals surface area contributed by atoms with Crippen molar-refractivity contribution >= 4 is 15.9 Å². The summed E-state index contributed by atoms with van der Waals surface area (Å²) in [5.41, 5.74) is 1.66. The summed E-state index contributed by atoms with van der Waals surface area (Å²) in [4.78, 5) is 13.9. The maximum Gasteiger partial charge on any atom is 0.269 e. The molecule has 0 aliphatic rings. The molecule has 2 aromatic carbocycles. The summed E-state index contributed by atoms with van der Waals surface area (Å²) in [7, 11) is -3.94. The number of amides is 1. The highest BCUT2D eigenvalue weighted by Gasteiger charge is 2.18. The summed E-state index contributed by atoms with van der Waals surface area (Å²) >= 11 is 0. The van der Waals surface area contributed by atoms with Gasteiger partial charge in [0.15, 0.2) is 0 Å². The van der Waals surface area contributed by atoms with Crippen LogP contribution in [0, 0.1) is 5.82 Å². The smallest absolute Gasteiger partial charge is 0.269 e. The Balaban J connectivity index is 2.13. The zero-order chi connectivity index (χ0) is 17.7. The Hall–Kier alpha value is -2.45. The van der Waals surface area contributed by atoms with Crippen molar-refractivity contribution in [2.45, 2.75) is 24.8 Å². The van der Waals surface area contributed by atoms with Crippen molar-refractivity contribution in [2.24, 2.45) is 0 Å². The molecule has 0 saturated heterocycles. The van der Waals surface area contributed by atoms with Crippen LogP contribution in [-0.2, 0) is 10.0 Å². The standard InChI is InChI=1S/C16H17FN2O4S/c1-11(2)23-12-8-9-15(17)14(10-12)16(20)18-19-24(21,22)13-6-4-3-5-7-13/h3-11,19H,1-2H3,(H,18,20). The molecule has 0 saturated carbocycles. The van der Waals surface area contributed by atoms with Gasteiger partial charge >= 0.3 is 0 Å². The van der Waals surface area contributed by atoms with Crippen LogP contribution in [0.1, 0.15) is 24.2 Å². The fourth-order valence-corrected chi connectivity index (χ4v) is 2.72. The molecule has 0 spiro atoms. The molecule has 6 nitrogen and oxygen atoms in total. The van der Waals surface area contributed by atoms with Gasteiger partial charge in [0, 0.05) is 0 Å². The molecule has 0 atom stereocenters. The molecular formula is C16H17FN2O4S. The van der Waals surface area contributed by atoms with Gasteiger partial charge in [-0.05, 0) is 44.2 Å². The van der Waals surface area contributed by atoms with Gasteiger partial charge in [-0.25, -0.2) is 12.8 Å². The van der Waals surface area contributed by atoms with Gasteiger partial charge in [-0.3, -0.25) is 10.2 Å². The average molecular weight is 352 g/mol. The lowest BCUT2D eigenvalue weighted by molar-refractivity contribution is 0.0940. The quantitative estimate of drug-likeness (QED) is 0.781. The van der Waals surface area contributed by atoms with Crippen molar-refractivity contribution in [2.75, 3.05) is 0 Å². The van der Waals surface area contributed by atoms with E-state index in [0.717, 1.165) is 6.07 Å². The van der Waals surface area contributed by atoms with E-state index in [2.05, 4.69) is 0 Å². The van der Waals surface area contributed by atoms with Crippen LogP contribution in [0.5, 0.6) is 5.75 Å². The molecule has 0 fully saturated rings. The van der Waals surface area contributed by atoms with Gasteiger partial charge in [-0.1, -0.05) is 18.2 Å². The van der Waals surface area contributed by atoms with Crippen LogP contribution in [0.25, 0.3) is 0 Å². The molecule has 128 valence electrons. The average Bonchev–Trinajstić information content (AvgIpc) is 2.55. The summed E-state index contributed by atoms with van der Waals surface area (Å²) in [6, 6.07) is 11.2. The Labute approximate surface area is 139 Å². The predicted octanol–water partition coefficient (Wildman–Crippen LogP) is 2.24. The van der Waals surface area contributed by atoms with E-state index in [1.165, 1.54) is 24.3 Å². The van der Waals surface area contributed by atoms with Crippen LogP contribution >= 0.6 is 0 Å². The number of rotatable bonds is 6. The minimum atomic E-state index is -3.94. The van der Waals surface area contributed by atoms with Crippen molar-refractivity contribution in [1.82, 2.24) is 10.3 Å². The molecule has 8 heteroatoms. The summed E-state index contributed by atoms with van der Waals surface area (Å²) in [5, 5.41) is 0. The van der Waals surface area contributed by atoms with Crippen molar-refractivity contribution in [3.8, 4) is 5.75 Å². The van der Waals surface area contributed by atoms with E-state index >= 15 is 0 Å². The molecule has 1 amide bonds. The Morgan fingerprint density at radius 2 is 1.79 bits per heavy atom. The number of halogens is 1. The fraction of sp³-hybridized carbons (Fsp3) is 0.188. The fourth-order valence-electron chi connectivity index (χ4n) is 1.86. The lowest BCUT2D eigenvalue weighted by atomic mass is 10.2. The summed E-state index contributed by atoms with van der Waals surface area (Å²) in [6.07, 6.45) is -0.150. The Bertz CT molecular complexity index is 823. The first kappa shape index (κ1) is 17.9. The van der Waals surface area contributed by atoms with Crippen LogP contribution in [0.2, 0.25) is 0 Å². The van der Waals surface area contributed by atoms with E-state index in [9.17, 15) is 17.6 Å². The first-order valence-electron chi connectivity index (χ1n) is 7.13. The number of ether oxygens (including phenoxy) is 1. The molecule has 0 aliphatic heterocycles. The number of nitrogens with one attached hydrogen (secondary N) is 2. The number of hydrazine groups is 1. The van der Waals surface area contributed by atoms with E-state index in [1.807, 2.05) is 10.3 Å². The highest BCUT2D eigenvalue weighted by atomic mass is 32.2. The van der Waals surface area contributed by atoms with Gasteiger partial charge in [0.2, 0.25) is 0 Å². The molecule has 0 aliphatic carbocycles. The number of carbonyl (C=O) groups excluding carboxylic acids is 1. The van der Waals surface area contributed by atoms with E-state index in [4.69, 9.17) is 4.74 Å². The van der Waals surface area contributed by atoms with Crippen molar-refractivity contribution in [1.29, 1.82) is 0 Å². The Morgan fingerprint density at radius 3 is 2.42 bits per heavy atom. The molecule has 0 heterocycles. The second-order valence-electron chi connectivity index (χ2n) is 5.18. The molecular weight excluding hydrogens is 335 g/mol. The van der Waals surface area contributed by atoms with Gasteiger partial charge in [0.05, 0.1) is 16.6 Å². The zero-order valence-corrected chi connectivity index (χ0v) is 13.9. The van der Waals surface area contributed by atoms with Gasteiger partial charge in [-0.2, -0.15) is 0 Å². The van der Waals surface area contributed by atoms with Crippen LogP contribution < -0.4 is 15.0 Å². The van der Waals surface area contributed by atoms with Crippen LogP contribution in [0.4, 0.5) is 4.39 Å². The number of benzene rings is 2. The maximum atomic E-state index is 13.8. The number of carbonyl (C=O) groups is 1. The van der Waals surface area contributed by atoms with Gasteiger partial charge in [-0.15, -0.1) is 4.83 Å². The summed E-state index contributed by atoms with van der Waals surface area (Å²) in [6.45, 7) is 3.58. The molecule has 2 rings (SSSR count). The summed E-state index contributed by atoms with van der Waals surface area (Å²) < 4.78 is 43.2. The molecule has 0 bridgehead atoms. The van der Waals surface area contributed by atoms with E-state index in [-0.39, 0.29) is 16.6 Å². The van der Waals surface area contributed by atoms with Crippen molar-refractivity contribution in [3.05, 3.63) is 59.9 Å². The third-order valence-electron chi connectivity index (χ3n) is 2.91. The number of hydrogen-bond donors (Lipinski definition) is 2. The third-order valence-corrected chi connectivity index (χ3v) is 4.17. The predicted molar refractivity (Wildman–Crippen MR) is 86.4 cm³/mol. The van der Waals surface area contributed by atoms with Crippen molar-refractivity contribution in [3.63, 3.8) is 0 Å². The lowest BCUT2D eigenvalue weighted by Gasteiger charge is -2.12. The van der Waals surface area contributed by atoms with Crippen LogP contribution in [0.3, 0.4) is 0 Å². The first-order valence-corrected chi connectivity index (χ1v) is 8.61. The minimum absolute atomic E-state index is 0.0253. The van der Waals surface area contributed by atoms with E-state index < -0.39 is 21.7 Å². The van der Waals surface area contributed by atoms with Crippen molar-refractivity contribution < 1.29 is 22.3 Å². The lowest BCUT2D eigenvalue weighted by Crippen LogP contribution is -2.41. The van der Waals surface area contributed by atoms with E-state index in [1.54, 1.807) is 32.0 Å². The number of sulfonamides is 1. The third kappa shape index (κ3) is 4.53. The molecule has 2 aromatic rings. The van der Waals surface area contributed by atoms with Crippen LogP contribution in [0.15, 0.2) is 53.4 Å². The molecule has 24 heavy (non-hydrogen) atoms. The maximum absolute atomic E-state index is 13.8. The normalized spacial score (nSPS) is 11.3. The first-order chi connectivity index (χ1) is 11.3. The Kier molecular flexibility index (Phi) is 5.53. The van der Waals surface area contributed by atoms with Gasteiger partial charge in [0.25, 0.3) is 15.9 Å². The topological polar surface area (TPSA) is 84.5 Å². The zero-order valence-electron chi connectivity index (χ0n) is 13.1. The minimum Gasteiger partial charge on any atom is -0.491 e. The highest BCUT2D eigenvalue weighted by molar-refractivity contribution is 7.89.